The molecule has 0 radical (unpaired) electrons. The molecule has 0 spiro atoms. The molecule has 0 aromatic heterocycles. The molecule has 2 aromatic rings. The molecule has 3 rings (SSSR count). The predicted molar refractivity (Wildman–Crippen MR) is 137 cm³/mol. The van der Waals surface area contributed by atoms with Crippen LogP contribution in [-0.2, 0) is 24.7 Å². The average molecular weight is 421 g/mol. The van der Waals surface area contributed by atoms with Gasteiger partial charge < -0.3 is 0 Å². The van der Waals surface area contributed by atoms with Gasteiger partial charge in [-0.25, -0.2) is 0 Å². The number of hydrogen-bond donors (Lipinski definition) is 0. The van der Waals surface area contributed by atoms with Crippen LogP contribution in [0.1, 0.15) is 93.4 Å². The second-order valence-electron chi connectivity index (χ2n) is 9.77. The van der Waals surface area contributed by atoms with Gasteiger partial charge in [0.05, 0.1) is 0 Å². The Morgan fingerprint density at radius 1 is 0.700 bits per heavy atom. The zero-order chi connectivity index (χ0) is 21.1. The van der Waals surface area contributed by atoms with E-state index in [0.29, 0.717) is 5.41 Å². The molecule has 164 valence electrons. The number of unbranched alkanes of at least 4 members (excludes halogenated alkanes) is 2. The van der Waals surface area contributed by atoms with E-state index >= 15 is 0 Å². The van der Waals surface area contributed by atoms with Crippen LogP contribution in [0.15, 0.2) is 48.5 Å². The maximum Gasteiger partial charge on any atom is 0.0166 e. The van der Waals surface area contributed by atoms with Crippen molar-refractivity contribution < 1.29 is 0 Å². The van der Waals surface area contributed by atoms with Crippen LogP contribution < -0.4 is 0 Å². The summed E-state index contributed by atoms with van der Waals surface area (Å²) < 4.78 is 0. The molecule has 0 unspecified atom stereocenters. The second-order valence-corrected chi connectivity index (χ2v) is 11.5. The fourth-order valence-corrected chi connectivity index (χ4v) is 6.22. The summed E-state index contributed by atoms with van der Waals surface area (Å²) in [6.45, 7) is 4.72. The minimum Gasteiger partial charge on any atom is -0.0748 e. The standard InChI is InChI=1S/C29H44Si/c1-3-4-10-25-11-13-26(14-12-25)15-16-27-17-19-28(20-18-27)29(21-6-5-7-22-29)23-8-9-24-30-2/h11-14,17-20H,3-10,15-16,21-24,30H2,1-2H3. The summed E-state index contributed by atoms with van der Waals surface area (Å²) in [6.07, 6.45) is 17.6. The minimum atomic E-state index is 0.243. The van der Waals surface area contributed by atoms with Gasteiger partial charge in [-0.2, -0.15) is 0 Å². The van der Waals surface area contributed by atoms with Crippen LogP contribution in [0.4, 0.5) is 0 Å². The van der Waals surface area contributed by atoms with Crippen molar-refractivity contribution in [1.29, 1.82) is 0 Å². The summed E-state index contributed by atoms with van der Waals surface area (Å²) >= 11 is 0. The predicted octanol–water partition coefficient (Wildman–Crippen LogP) is 7.82. The molecule has 0 bridgehead atoms. The van der Waals surface area contributed by atoms with Crippen molar-refractivity contribution in [3.63, 3.8) is 0 Å². The molecule has 1 saturated carbocycles. The molecular weight excluding hydrogens is 376 g/mol. The van der Waals surface area contributed by atoms with Gasteiger partial charge in [-0.05, 0) is 72.6 Å². The van der Waals surface area contributed by atoms with Crippen molar-refractivity contribution >= 4 is 9.52 Å². The molecule has 2 aromatic carbocycles. The average Bonchev–Trinajstić information content (AvgIpc) is 2.81. The lowest BCUT2D eigenvalue weighted by Gasteiger charge is -2.38. The van der Waals surface area contributed by atoms with Crippen molar-refractivity contribution in [2.75, 3.05) is 0 Å². The van der Waals surface area contributed by atoms with E-state index in [2.05, 4.69) is 62.0 Å². The fraction of sp³-hybridized carbons (Fsp3) is 0.586. The fourth-order valence-electron chi connectivity index (χ4n) is 5.37. The highest BCUT2D eigenvalue weighted by Gasteiger charge is 2.33. The van der Waals surface area contributed by atoms with Crippen LogP contribution in [0.3, 0.4) is 0 Å². The first-order valence-electron chi connectivity index (χ1n) is 12.9. The Morgan fingerprint density at radius 3 is 1.83 bits per heavy atom. The highest BCUT2D eigenvalue weighted by Crippen LogP contribution is 2.43. The summed E-state index contributed by atoms with van der Waals surface area (Å²) in [5.74, 6) is 0. The molecule has 0 N–H and O–H groups in total. The van der Waals surface area contributed by atoms with Crippen molar-refractivity contribution in [2.45, 2.75) is 108 Å². The highest BCUT2D eigenvalue weighted by atomic mass is 28.2. The first kappa shape index (κ1) is 23.3. The van der Waals surface area contributed by atoms with Crippen LogP contribution in [0.5, 0.6) is 0 Å². The molecule has 30 heavy (non-hydrogen) atoms. The van der Waals surface area contributed by atoms with Gasteiger partial charge in [0, 0.05) is 9.52 Å². The molecule has 0 saturated heterocycles. The third-order valence-corrected chi connectivity index (χ3v) is 8.64. The Balaban J connectivity index is 1.57. The maximum absolute atomic E-state index is 2.49. The van der Waals surface area contributed by atoms with Crippen LogP contribution in [-0.4, -0.2) is 9.52 Å². The molecule has 1 heteroatoms. The monoisotopic (exact) mass is 420 g/mol. The summed E-state index contributed by atoms with van der Waals surface area (Å²) in [7, 11) is 0.243. The maximum atomic E-state index is 2.49. The van der Waals surface area contributed by atoms with Crippen molar-refractivity contribution in [1.82, 2.24) is 0 Å². The van der Waals surface area contributed by atoms with E-state index in [9.17, 15) is 0 Å². The second kappa shape index (κ2) is 12.5. The zero-order valence-corrected chi connectivity index (χ0v) is 21.1. The highest BCUT2D eigenvalue weighted by molar-refractivity contribution is 6.33. The molecular formula is C29H44Si. The van der Waals surface area contributed by atoms with Crippen LogP contribution in [0.2, 0.25) is 12.6 Å². The van der Waals surface area contributed by atoms with Gasteiger partial charge in [0.2, 0.25) is 0 Å². The van der Waals surface area contributed by atoms with Gasteiger partial charge in [-0.1, -0.05) is 107 Å². The third-order valence-electron chi connectivity index (χ3n) is 7.43. The summed E-state index contributed by atoms with van der Waals surface area (Å²) in [5, 5.41) is 0. The molecule has 0 atom stereocenters. The van der Waals surface area contributed by atoms with Crippen molar-refractivity contribution in [2.24, 2.45) is 0 Å². The number of hydrogen-bond acceptors (Lipinski definition) is 0. The Kier molecular flexibility index (Phi) is 9.72. The van der Waals surface area contributed by atoms with E-state index in [4.69, 9.17) is 0 Å². The van der Waals surface area contributed by atoms with Crippen molar-refractivity contribution in [3.05, 3.63) is 70.8 Å². The smallest absolute Gasteiger partial charge is 0.0166 e. The van der Waals surface area contributed by atoms with E-state index < -0.39 is 0 Å². The molecule has 1 aliphatic rings. The molecule has 0 amide bonds. The van der Waals surface area contributed by atoms with Gasteiger partial charge in [-0.3, -0.25) is 0 Å². The van der Waals surface area contributed by atoms with Crippen LogP contribution in [0, 0.1) is 0 Å². The number of aryl methyl sites for hydroxylation is 3. The molecule has 1 aliphatic carbocycles. The number of benzene rings is 2. The third kappa shape index (κ3) is 6.84. The lowest BCUT2D eigenvalue weighted by molar-refractivity contribution is 0.267. The van der Waals surface area contributed by atoms with Crippen molar-refractivity contribution in [3.8, 4) is 0 Å². The van der Waals surface area contributed by atoms with E-state index in [1.165, 1.54) is 93.4 Å². The largest absolute Gasteiger partial charge is 0.0748 e. The summed E-state index contributed by atoms with van der Waals surface area (Å²) in [4.78, 5) is 0. The lowest BCUT2D eigenvalue weighted by Crippen LogP contribution is -2.29. The number of rotatable bonds is 12. The van der Waals surface area contributed by atoms with E-state index in [-0.39, 0.29) is 9.52 Å². The normalized spacial score (nSPS) is 16.3. The Hall–Kier alpha value is -1.34. The summed E-state index contributed by atoms with van der Waals surface area (Å²) in [5.41, 5.74) is 6.59. The minimum absolute atomic E-state index is 0.243. The zero-order valence-electron chi connectivity index (χ0n) is 19.7. The summed E-state index contributed by atoms with van der Waals surface area (Å²) in [6, 6.07) is 20.7. The van der Waals surface area contributed by atoms with E-state index in [0.717, 1.165) is 12.8 Å². The lowest BCUT2D eigenvalue weighted by atomic mass is 9.66. The molecule has 0 heterocycles. The Labute approximate surface area is 188 Å². The molecule has 0 aliphatic heterocycles. The SMILES string of the molecule is CCCCc1ccc(CCc2ccc(C3(CCCC[SiH2]C)CCCCC3)cc2)cc1. The topological polar surface area (TPSA) is 0 Å². The first-order valence-corrected chi connectivity index (χ1v) is 15.3. The Morgan fingerprint density at radius 2 is 1.27 bits per heavy atom. The van der Waals surface area contributed by atoms with E-state index in [1.54, 1.807) is 5.56 Å². The van der Waals surface area contributed by atoms with Gasteiger partial charge in [0.1, 0.15) is 0 Å². The van der Waals surface area contributed by atoms with E-state index in [1.807, 2.05) is 0 Å². The first-order chi connectivity index (χ1) is 14.8. The molecule has 0 nitrogen and oxygen atoms in total. The quantitative estimate of drug-likeness (QED) is 0.242. The van der Waals surface area contributed by atoms with Crippen LogP contribution in [0.25, 0.3) is 0 Å². The van der Waals surface area contributed by atoms with Gasteiger partial charge in [0.15, 0.2) is 0 Å². The Bertz CT molecular complexity index is 707. The van der Waals surface area contributed by atoms with Gasteiger partial charge in [0.25, 0.3) is 0 Å². The molecule has 1 fully saturated rings. The van der Waals surface area contributed by atoms with Crippen LogP contribution >= 0.6 is 0 Å². The van der Waals surface area contributed by atoms with Gasteiger partial charge >= 0.3 is 0 Å². The van der Waals surface area contributed by atoms with Gasteiger partial charge in [-0.15, -0.1) is 0 Å².